The van der Waals surface area contributed by atoms with Crippen molar-refractivity contribution in [2.24, 2.45) is 0 Å². The van der Waals surface area contributed by atoms with Crippen molar-refractivity contribution in [2.45, 2.75) is 89.6 Å². The molecule has 0 saturated heterocycles. The maximum absolute atomic E-state index is 13.1. The third-order valence-corrected chi connectivity index (χ3v) is 12.0. The molecule has 3 rings (SSSR count). The first kappa shape index (κ1) is 49.9. The molecule has 1 atom stereocenters. The van der Waals surface area contributed by atoms with E-state index >= 15 is 0 Å². The maximum Gasteiger partial charge on any atom is 0.337 e. The van der Waals surface area contributed by atoms with E-state index in [1.165, 1.54) is 7.11 Å². The average Bonchev–Trinajstić information content (AvgIpc) is 3.40. The third-order valence-electron chi connectivity index (χ3n) is 10.4. The number of hydrogen-bond acceptors (Lipinski definition) is 10. The van der Waals surface area contributed by atoms with E-state index in [0.717, 1.165) is 28.2 Å². The molecule has 0 fully saturated rings. The molecule has 60 heavy (non-hydrogen) atoms. The van der Waals surface area contributed by atoms with Gasteiger partial charge in [0, 0.05) is 53.9 Å². The van der Waals surface area contributed by atoms with Crippen LogP contribution in [0.1, 0.15) is 104 Å². The number of esters is 1. The van der Waals surface area contributed by atoms with Crippen LogP contribution in [0.2, 0.25) is 0 Å². The van der Waals surface area contributed by atoms with Crippen molar-refractivity contribution in [3.05, 3.63) is 113 Å². The molecule has 14 nitrogen and oxygen atoms in total. The summed E-state index contributed by atoms with van der Waals surface area (Å²) in [7, 11) is -6.83. The molecule has 0 aliphatic carbocycles. The number of nitrogens with zero attached hydrogens (tertiary/aromatic N) is 1. The lowest BCUT2D eigenvalue weighted by Crippen LogP contribution is -2.31. The number of allylic oxidation sites excluding steroid dienone is 8. The fourth-order valence-electron chi connectivity index (χ4n) is 6.93. The summed E-state index contributed by atoms with van der Waals surface area (Å²) in [6.45, 7) is 9.19. The SMILES string of the molecule is COC(=O)c1cccc(C(C)(C)\C(=C/C=C/C=C/C=C/C2=[N+](CCCCS(=O)(=O)O)c3ccc(C(=O)NCCCC[C@H](O)CO)cc3C2(C)C)NCCCCS(=O)(=O)O)c1. The van der Waals surface area contributed by atoms with Crippen LogP contribution in [0.5, 0.6) is 0 Å². The molecule has 1 heterocycles. The molecule has 0 bridgehead atoms. The van der Waals surface area contributed by atoms with Gasteiger partial charge in [0.1, 0.15) is 6.54 Å². The van der Waals surface area contributed by atoms with Crippen LogP contribution in [-0.2, 0) is 35.8 Å². The van der Waals surface area contributed by atoms with Crippen LogP contribution in [0.15, 0.2) is 90.7 Å². The van der Waals surface area contributed by atoms with E-state index < -0.39 is 43.1 Å². The van der Waals surface area contributed by atoms with Crippen molar-refractivity contribution in [2.75, 3.05) is 44.9 Å². The minimum absolute atomic E-state index is 0.225. The van der Waals surface area contributed by atoms with Crippen molar-refractivity contribution in [3.8, 4) is 0 Å². The predicted molar refractivity (Wildman–Crippen MR) is 234 cm³/mol. The maximum atomic E-state index is 13.1. The highest BCUT2D eigenvalue weighted by Crippen LogP contribution is 2.41. The van der Waals surface area contributed by atoms with Gasteiger partial charge < -0.3 is 25.6 Å². The monoisotopic (exact) mass is 872 g/mol. The molecule has 0 radical (unpaired) electrons. The zero-order valence-electron chi connectivity index (χ0n) is 35.3. The van der Waals surface area contributed by atoms with Crippen molar-refractivity contribution in [1.82, 2.24) is 10.6 Å². The van der Waals surface area contributed by atoms with E-state index in [1.807, 2.05) is 74.6 Å². The third kappa shape index (κ3) is 15.5. The van der Waals surface area contributed by atoms with E-state index in [0.29, 0.717) is 62.9 Å². The second-order valence-corrected chi connectivity index (χ2v) is 18.9. The summed E-state index contributed by atoms with van der Waals surface area (Å²) >= 11 is 0. The quantitative estimate of drug-likeness (QED) is 0.0238. The molecule has 0 saturated carbocycles. The topological polar surface area (TPSA) is 220 Å². The van der Waals surface area contributed by atoms with Gasteiger partial charge in [-0.25, -0.2) is 4.79 Å². The number of ether oxygens (including phenoxy) is 1. The van der Waals surface area contributed by atoms with E-state index in [2.05, 4.69) is 29.1 Å². The van der Waals surface area contributed by atoms with E-state index in [1.54, 1.807) is 24.3 Å². The van der Waals surface area contributed by atoms with Gasteiger partial charge in [-0.05, 0) is 88.3 Å². The molecule has 2 aromatic rings. The van der Waals surface area contributed by atoms with Crippen LogP contribution in [-0.4, -0.2) is 109 Å². The minimum atomic E-state index is -4.10. The number of unbranched alkanes of at least 4 members (excludes halogenated alkanes) is 3. The normalized spacial score (nSPS) is 15.2. The Kier molecular flexibility index (Phi) is 19.1. The van der Waals surface area contributed by atoms with Gasteiger partial charge in [-0.1, -0.05) is 56.4 Å². The van der Waals surface area contributed by atoms with Gasteiger partial charge in [0.05, 0.1) is 42.3 Å². The molecule has 16 heteroatoms. The Morgan fingerprint density at radius 3 is 2.13 bits per heavy atom. The Bertz CT molecular complexity index is 2170. The number of amides is 1. The number of carbonyl (C=O) groups excluding carboxylic acids is 2. The van der Waals surface area contributed by atoms with Gasteiger partial charge in [-0.2, -0.15) is 21.4 Å². The van der Waals surface area contributed by atoms with Gasteiger partial charge in [-0.15, -0.1) is 0 Å². The van der Waals surface area contributed by atoms with Crippen LogP contribution in [0, 0.1) is 0 Å². The molecule has 1 aliphatic rings. The molecule has 0 spiro atoms. The van der Waals surface area contributed by atoms with Crippen molar-refractivity contribution in [1.29, 1.82) is 0 Å². The number of hydrogen-bond donors (Lipinski definition) is 6. The number of aliphatic hydroxyl groups is 2. The second-order valence-electron chi connectivity index (χ2n) is 15.8. The number of aliphatic hydroxyl groups excluding tert-OH is 2. The van der Waals surface area contributed by atoms with Crippen LogP contribution < -0.4 is 10.6 Å². The van der Waals surface area contributed by atoms with Crippen molar-refractivity contribution >= 4 is 43.5 Å². The number of rotatable bonds is 25. The molecular weight excluding hydrogens is 811 g/mol. The largest absolute Gasteiger partial charge is 0.465 e. The first-order valence-corrected chi connectivity index (χ1v) is 23.3. The number of carbonyl (C=O) groups is 2. The standard InChI is InChI=1S/C44H61N3O11S2/c1-43(2,35-19-17-18-34(30-35)42(51)58-5)39(45-25-13-15-28-59(52,53)54)21-9-7-6-8-10-22-40-44(3,4)37-31-33(41(50)46-26-12-11-20-36(49)32-48)23-24-38(37)47(40)27-14-16-29-60(55,56)57/h6-10,17-19,21-24,30-31,36,48-49H,11-16,20,25-29,32H2,1-5H3,(H3,46,50,52,53,54,55,56,57)/p+1/t36-/m0/s1. The van der Waals surface area contributed by atoms with Crippen molar-refractivity contribution < 1.29 is 55.1 Å². The lowest BCUT2D eigenvalue weighted by molar-refractivity contribution is -0.438. The second kappa shape index (κ2) is 23.0. The van der Waals surface area contributed by atoms with E-state index in [4.69, 9.17) is 14.4 Å². The van der Waals surface area contributed by atoms with Crippen LogP contribution in [0.25, 0.3) is 0 Å². The van der Waals surface area contributed by atoms with Gasteiger partial charge in [0.15, 0.2) is 5.71 Å². The number of nitrogens with one attached hydrogen (secondary N) is 2. The summed E-state index contributed by atoms with van der Waals surface area (Å²) in [5.74, 6) is -1.35. The minimum Gasteiger partial charge on any atom is -0.465 e. The van der Waals surface area contributed by atoms with Crippen LogP contribution in [0.4, 0.5) is 5.69 Å². The molecule has 2 aromatic carbocycles. The van der Waals surface area contributed by atoms with Gasteiger partial charge in [-0.3, -0.25) is 13.9 Å². The molecule has 330 valence electrons. The van der Waals surface area contributed by atoms with E-state index in [-0.39, 0.29) is 36.9 Å². The zero-order chi connectivity index (χ0) is 44.6. The lowest BCUT2D eigenvalue weighted by Gasteiger charge is -2.30. The Labute approximate surface area is 355 Å². The summed E-state index contributed by atoms with van der Waals surface area (Å²) < 4.78 is 70.6. The summed E-state index contributed by atoms with van der Waals surface area (Å²) in [4.78, 5) is 25.4. The molecule has 6 N–H and O–H groups in total. The molecular formula is C44H62N3O11S2+. The van der Waals surface area contributed by atoms with Gasteiger partial charge in [0.25, 0.3) is 26.1 Å². The molecule has 0 aromatic heterocycles. The number of fused-ring (bicyclic) bond motifs is 1. The summed E-state index contributed by atoms with van der Waals surface area (Å²) in [6.07, 6.45) is 15.8. The fourth-order valence-corrected chi connectivity index (χ4v) is 8.07. The summed E-state index contributed by atoms with van der Waals surface area (Å²) in [5, 5.41) is 24.9. The van der Waals surface area contributed by atoms with Crippen LogP contribution in [0.3, 0.4) is 0 Å². The summed E-state index contributed by atoms with van der Waals surface area (Å²) in [6, 6.07) is 12.7. The number of benzene rings is 2. The molecule has 1 amide bonds. The average molecular weight is 873 g/mol. The molecule has 1 aliphatic heterocycles. The van der Waals surface area contributed by atoms with Crippen LogP contribution >= 0.6 is 0 Å². The van der Waals surface area contributed by atoms with Crippen molar-refractivity contribution in [3.63, 3.8) is 0 Å². The van der Waals surface area contributed by atoms with Gasteiger partial charge in [0.2, 0.25) is 5.69 Å². The zero-order valence-corrected chi connectivity index (χ0v) is 36.9. The Balaban J connectivity index is 1.85. The summed E-state index contributed by atoms with van der Waals surface area (Å²) in [5.41, 5.74) is 4.22. The highest BCUT2D eigenvalue weighted by molar-refractivity contribution is 7.86. The highest BCUT2D eigenvalue weighted by Gasteiger charge is 2.44. The Morgan fingerprint density at radius 2 is 1.47 bits per heavy atom. The van der Waals surface area contributed by atoms with Gasteiger partial charge >= 0.3 is 5.97 Å². The highest BCUT2D eigenvalue weighted by atomic mass is 32.2. The predicted octanol–water partition coefficient (Wildman–Crippen LogP) is 5.56. The first-order chi connectivity index (χ1) is 28.2. The Hall–Kier alpha value is -4.45. The smallest absolute Gasteiger partial charge is 0.337 e. The number of methoxy groups -OCH3 is 1. The van der Waals surface area contributed by atoms with E-state index in [9.17, 15) is 36.1 Å². The fraction of sp³-hybridized carbons (Fsp3) is 0.477. The first-order valence-electron chi connectivity index (χ1n) is 20.1. The Morgan fingerprint density at radius 1 is 0.833 bits per heavy atom. The lowest BCUT2D eigenvalue weighted by atomic mass is 9.80. The molecule has 0 unspecified atom stereocenters.